The van der Waals surface area contributed by atoms with Crippen LogP contribution in [0, 0.1) is 13.8 Å². The Morgan fingerprint density at radius 3 is 2.60 bits per heavy atom. The van der Waals surface area contributed by atoms with E-state index in [0.29, 0.717) is 6.42 Å². The van der Waals surface area contributed by atoms with Gasteiger partial charge in [0, 0.05) is 0 Å². The number of aryl methyl sites for hydroxylation is 2. The molecule has 0 fully saturated rings. The summed E-state index contributed by atoms with van der Waals surface area (Å²) in [6.45, 7) is 4.10. The van der Waals surface area contributed by atoms with Gasteiger partial charge in [0.05, 0.1) is 7.11 Å². The molecule has 3 heteroatoms. The van der Waals surface area contributed by atoms with Crippen LogP contribution in [0.3, 0.4) is 0 Å². The van der Waals surface area contributed by atoms with Crippen LogP contribution in [0.1, 0.15) is 16.7 Å². The van der Waals surface area contributed by atoms with E-state index in [1.165, 1.54) is 18.2 Å². The number of nitrogens with two attached hydrogens (primary N) is 1. The molecule has 3 nitrogen and oxygen atoms in total. The van der Waals surface area contributed by atoms with Crippen LogP contribution < -0.4 is 5.73 Å². The van der Waals surface area contributed by atoms with Crippen molar-refractivity contribution in [3.63, 3.8) is 0 Å². The van der Waals surface area contributed by atoms with E-state index in [4.69, 9.17) is 5.73 Å². The fourth-order valence-electron chi connectivity index (χ4n) is 1.42. The van der Waals surface area contributed by atoms with Gasteiger partial charge < -0.3 is 10.5 Å². The van der Waals surface area contributed by atoms with E-state index in [1.807, 2.05) is 19.1 Å². The molecule has 0 aromatic heterocycles. The molecular formula is C12H17NO2. The summed E-state index contributed by atoms with van der Waals surface area (Å²) in [6.07, 6.45) is 0.522. The lowest BCUT2D eigenvalue weighted by Crippen LogP contribution is -2.33. The highest BCUT2D eigenvalue weighted by Crippen LogP contribution is 2.11. The van der Waals surface area contributed by atoms with E-state index in [0.717, 1.165) is 5.56 Å². The molecule has 0 heterocycles. The highest BCUT2D eigenvalue weighted by Gasteiger charge is 2.14. The molecule has 0 unspecified atom stereocenters. The molecule has 82 valence electrons. The molecule has 1 rings (SSSR count). The number of benzene rings is 1. The Hall–Kier alpha value is -1.35. The molecule has 0 saturated heterocycles. The highest BCUT2D eigenvalue weighted by atomic mass is 16.5. The molecule has 0 radical (unpaired) electrons. The lowest BCUT2D eigenvalue weighted by molar-refractivity contribution is -0.142. The lowest BCUT2D eigenvalue weighted by Gasteiger charge is -2.10. The topological polar surface area (TPSA) is 52.3 Å². The Kier molecular flexibility index (Phi) is 3.86. The van der Waals surface area contributed by atoms with E-state index in [-0.39, 0.29) is 5.97 Å². The van der Waals surface area contributed by atoms with Crippen molar-refractivity contribution in [3.8, 4) is 0 Å². The van der Waals surface area contributed by atoms with Gasteiger partial charge in [-0.25, -0.2) is 0 Å². The number of esters is 1. The van der Waals surface area contributed by atoms with Gasteiger partial charge in [-0.1, -0.05) is 18.2 Å². The van der Waals surface area contributed by atoms with E-state index in [2.05, 4.69) is 17.7 Å². The summed E-state index contributed by atoms with van der Waals surface area (Å²) in [7, 11) is 1.35. The van der Waals surface area contributed by atoms with Crippen LogP contribution in [-0.2, 0) is 16.0 Å². The van der Waals surface area contributed by atoms with Crippen molar-refractivity contribution >= 4 is 5.97 Å². The average molecular weight is 207 g/mol. The standard InChI is InChI=1S/C12H17NO2/c1-8-4-5-10(6-9(8)2)7-11(13)12(14)15-3/h4-6,11H,7,13H2,1-3H3/t11-/m1/s1. The van der Waals surface area contributed by atoms with Gasteiger partial charge in [0.1, 0.15) is 6.04 Å². The smallest absolute Gasteiger partial charge is 0.322 e. The SMILES string of the molecule is COC(=O)[C@H](N)Cc1ccc(C)c(C)c1. The minimum atomic E-state index is -0.572. The molecule has 2 N–H and O–H groups in total. The van der Waals surface area contributed by atoms with Crippen LogP contribution in [0.2, 0.25) is 0 Å². The third-order valence-corrected chi connectivity index (χ3v) is 2.53. The molecule has 0 aliphatic rings. The maximum absolute atomic E-state index is 11.1. The van der Waals surface area contributed by atoms with Gasteiger partial charge in [-0.15, -0.1) is 0 Å². The second-order valence-electron chi connectivity index (χ2n) is 3.75. The van der Waals surface area contributed by atoms with E-state index in [9.17, 15) is 4.79 Å². The number of carbonyl (C=O) groups is 1. The van der Waals surface area contributed by atoms with Crippen LogP contribution in [0.5, 0.6) is 0 Å². The molecule has 0 aliphatic heterocycles. The summed E-state index contributed by atoms with van der Waals surface area (Å²) < 4.78 is 4.57. The number of hydrogen-bond donors (Lipinski definition) is 1. The van der Waals surface area contributed by atoms with Crippen LogP contribution in [0.4, 0.5) is 0 Å². The first-order valence-electron chi connectivity index (χ1n) is 4.94. The monoisotopic (exact) mass is 207 g/mol. The zero-order chi connectivity index (χ0) is 11.4. The Bertz CT molecular complexity index is 361. The molecule has 1 atom stereocenters. The molecule has 0 spiro atoms. The van der Waals surface area contributed by atoms with Gasteiger partial charge in [0.25, 0.3) is 0 Å². The predicted octanol–water partition coefficient (Wildman–Crippen LogP) is 1.35. The zero-order valence-electron chi connectivity index (χ0n) is 9.41. The summed E-state index contributed by atoms with van der Waals surface area (Å²) in [5, 5.41) is 0. The summed E-state index contributed by atoms with van der Waals surface area (Å²) in [4.78, 5) is 11.1. The molecule has 1 aromatic carbocycles. The second-order valence-corrected chi connectivity index (χ2v) is 3.75. The fourth-order valence-corrected chi connectivity index (χ4v) is 1.42. The first kappa shape index (κ1) is 11.7. The third kappa shape index (κ3) is 3.06. The minimum absolute atomic E-state index is 0.367. The van der Waals surface area contributed by atoms with Crippen molar-refractivity contribution < 1.29 is 9.53 Å². The van der Waals surface area contributed by atoms with Crippen LogP contribution in [-0.4, -0.2) is 19.1 Å². The Morgan fingerprint density at radius 2 is 2.07 bits per heavy atom. The normalized spacial score (nSPS) is 12.3. The quantitative estimate of drug-likeness (QED) is 0.761. The summed E-state index contributed by atoms with van der Waals surface area (Å²) in [6, 6.07) is 5.51. The number of rotatable bonds is 3. The van der Waals surface area contributed by atoms with Gasteiger partial charge in [-0.2, -0.15) is 0 Å². The number of hydrogen-bond acceptors (Lipinski definition) is 3. The molecule has 1 aromatic rings. The van der Waals surface area contributed by atoms with E-state index < -0.39 is 6.04 Å². The first-order chi connectivity index (χ1) is 7.04. The van der Waals surface area contributed by atoms with Gasteiger partial charge in [0.2, 0.25) is 0 Å². The second kappa shape index (κ2) is 4.94. The molecule has 0 aliphatic carbocycles. The van der Waals surface area contributed by atoms with Crippen molar-refractivity contribution in [2.45, 2.75) is 26.3 Å². The molecular weight excluding hydrogens is 190 g/mol. The number of ether oxygens (including phenoxy) is 1. The highest BCUT2D eigenvalue weighted by molar-refractivity contribution is 5.75. The average Bonchev–Trinajstić information content (AvgIpc) is 2.22. The van der Waals surface area contributed by atoms with Crippen molar-refractivity contribution in [2.24, 2.45) is 5.73 Å². The Labute approximate surface area is 90.2 Å². The zero-order valence-corrected chi connectivity index (χ0v) is 9.41. The van der Waals surface area contributed by atoms with Crippen molar-refractivity contribution in [3.05, 3.63) is 34.9 Å². The van der Waals surface area contributed by atoms with Gasteiger partial charge in [0.15, 0.2) is 0 Å². The van der Waals surface area contributed by atoms with E-state index >= 15 is 0 Å². The molecule has 0 saturated carbocycles. The summed E-state index contributed by atoms with van der Waals surface area (Å²) in [5.74, 6) is -0.367. The Morgan fingerprint density at radius 1 is 1.40 bits per heavy atom. The van der Waals surface area contributed by atoms with Crippen molar-refractivity contribution in [1.82, 2.24) is 0 Å². The lowest BCUT2D eigenvalue weighted by atomic mass is 10.0. The van der Waals surface area contributed by atoms with E-state index in [1.54, 1.807) is 0 Å². The largest absolute Gasteiger partial charge is 0.468 e. The van der Waals surface area contributed by atoms with Gasteiger partial charge in [-0.05, 0) is 37.0 Å². The van der Waals surface area contributed by atoms with Crippen LogP contribution >= 0.6 is 0 Å². The fraction of sp³-hybridized carbons (Fsp3) is 0.417. The number of carbonyl (C=O) groups excluding carboxylic acids is 1. The molecule has 15 heavy (non-hydrogen) atoms. The first-order valence-corrected chi connectivity index (χ1v) is 4.94. The predicted molar refractivity (Wildman–Crippen MR) is 59.6 cm³/mol. The van der Waals surface area contributed by atoms with Crippen LogP contribution in [0.25, 0.3) is 0 Å². The summed E-state index contributed by atoms with van der Waals surface area (Å²) in [5.41, 5.74) is 9.19. The maximum Gasteiger partial charge on any atom is 0.322 e. The third-order valence-electron chi connectivity index (χ3n) is 2.53. The maximum atomic E-state index is 11.1. The van der Waals surface area contributed by atoms with Crippen molar-refractivity contribution in [2.75, 3.05) is 7.11 Å². The van der Waals surface area contributed by atoms with Gasteiger partial charge >= 0.3 is 5.97 Å². The van der Waals surface area contributed by atoms with Crippen LogP contribution in [0.15, 0.2) is 18.2 Å². The number of methoxy groups -OCH3 is 1. The Balaban J connectivity index is 2.73. The van der Waals surface area contributed by atoms with Gasteiger partial charge in [-0.3, -0.25) is 4.79 Å². The van der Waals surface area contributed by atoms with Crippen molar-refractivity contribution in [1.29, 1.82) is 0 Å². The summed E-state index contributed by atoms with van der Waals surface area (Å²) >= 11 is 0. The molecule has 0 bridgehead atoms. The molecule has 0 amide bonds. The minimum Gasteiger partial charge on any atom is -0.468 e.